The molecule has 0 radical (unpaired) electrons. The molecule has 0 spiro atoms. The Balaban J connectivity index is 1.57. The number of nitrogens with one attached hydrogen (secondary N) is 1. The molecule has 1 fully saturated rings. The van der Waals surface area contributed by atoms with Crippen LogP contribution >= 0.6 is 11.6 Å². The molecule has 132 valence electrons. The van der Waals surface area contributed by atoms with Crippen LogP contribution in [0.2, 0.25) is 5.02 Å². The second kappa shape index (κ2) is 7.14. The number of phenolic OH excluding ortho intramolecular Hbond substituents is 1. The van der Waals surface area contributed by atoms with Crippen molar-refractivity contribution in [1.29, 1.82) is 0 Å². The summed E-state index contributed by atoms with van der Waals surface area (Å²) in [6.07, 6.45) is 2.58. The minimum Gasteiger partial charge on any atom is -0.507 e. The summed E-state index contributed by atoms with van der Waals surface area (Å²) in [6, 6.07) is 5.98. The molecule has 1 saturated heterocycles. The molecular weight excluding hydrogens is 344 g/mol. The van der Waals surface area contributed by atoms with Gasteiger partial charge in [0, 0.05) is 37.8 Å². The summed E-state index contributed by atoms with van der Waals surface area (Å²) < 4.78 is 1.29. The Morgan fingerprint density at radius 2 is 2.24 bits per heavy atom. The molecular formula is C17H19ClN4O3. The number of amides is 1. The Labute approximate surface area is 149 Å². The fourth-order valence-electron chi connectivity index (χ4n) is 2.90. The van der Waals surface area contributed by atoms with Crippen LogP contribution in [0.5, 0.6) is 5.75 Å². The van der Waals surface area contributed by atoms with Gasteiger partial charge in [-0.2, -0.15) is 5.10 Å². The monoisotopic (exact) mass is 362 g/mol. The molecule has 2 heterocycles. The maximum Gasteiger partial charge on any atom is 0.268 e. The van der Waals surface area contributed by atoms with Crippen molar-refractivity contribution >= 4 is 23.2 Å². The zero-order valence-electron chi connectivity index (χ0n) is 13.8. The summed E-state index contributed by atoms with van der Waals surface area (Å²) in [6.45, 7) is 2.04. The molecule has 0 saturated carbocycles. The number of nitrogens with zero attached hydrogens (tertiary/aromatic N) is 3. The number of rotatable bonds is 4. The first-order valence-electron chi connectivity index (χ1n) is 7.99. The van der Waals surface area contributed by atoms with Gasteiger partial charge in [0.1, 0.15) is 5.75 Å². The van der Waals surface area contributed by atoms with Crippen molar-refractivity contribution in [3.05, 3.63) is 51.4 Å². The lowest BCUT2D eigenvalue weighted by Gasteiger charge is -2.18. The maximum atomic E-state index is 12.2. The average molecular weight is 363 g/mol. The van der Waals surface area contributed by atoms with Crippen LogP contribution in [-0.4, -0.2) is 40.4 Å². The molecule has 0 bridgehead atoms. The van der Waals surface area contributed by atoms with Gasteiger partial charge in [-0.25, -0.2) is 4.68 Å². The Morgan fingerprint density at radius 1 is 1.44 bits per heavy atom. The fraction of sp³-hybridized carbons (Fsp3) is 0.353. The Bertz CT molecular complexity index is 852. The molecule has 1 atom stereocenters. The molecule has 8 heteroatoms. The topological polar surface area (TPSA) is 87.5 Å². The molecule has 1 aromatic heterocycles. The van der Waals surface area contributed by atoms with Gasteiger partial charge < -0.3 is 15.3 Å². The highest BCUT2D eigenvalue weighted by Crippen LogP contribution is 2.23. The van der Waals surface area contributed by atoms with Crippen molar-refractivity contribution in [2.24, 2.45) is 13.0 Å². The first-order chi connectivity index (χ1) is 11.9. The van der Waals surface area contributed by atoms with Crippen molar-refractivity contribution in [2.75, 3.05) is 24.5 Å². The molecule has 1 aliphatic heterocycles. The molecule has 7 nitrogen and oxygen atoms in total. The normalized spacial score (nSPS) is 16.9. The number of phenols is 1. The molecule has 2 aromatic rings. The van der Waals surface area contributed by atoms with Gasteiger partial charge in [-0.15, -0.1) is 0 Å². The Hall–Kier alpha value is -2.54. The smallest absolute Gasteiger partial charge is 0.268 e. The lowest BCUT2D eigenvalue weighted by Crippen LogP contribution is -2.31. The van der Waals surface area contributed by atoms with Gasteiger partial charge in [-0.3, -0.25) is 9.59 Å². The highest BCUT2D eigenvalue weighted by Gasteiger charge is 2.24. The number of aromatic nitrogens is 2. The van der Waals surface area contributed by atoms with Gasteiger partial charge >= 0.3 is 0 Å². The summed E-state index contributed by atoms with van der Waals surface area (Å²) in [7, 11) is 1.61. The van der Waals surface area contributed by atoms with Crippen LogP contribution in [0.15, 0.2) is 35.3 Å². The van der Waals surface area contributed by atoms with Crippen LogP contribution in [-0.2, 0) is 7.05 Å². The third-order valence-electron chi connectivity index (χ3n) is 4.36. The number of carbonyl (C=O) groups excluding carboxylic acids is 1. The lowest BCUT2D eigenvalue weighted by molar-refractivity contribution is 0.0945. The largest absolute Gasteiger partial charge is 0.507 e. The highest BCUT2D eigenvalue weighted by atomic mass is 35.5. The van der Waals surface area contributed by atoms with Crippen LogP contribution in [0.4, 0.5) is 5.69 Å². The molecule has 0 aliphatic carbocycles. The zero-order chi connectivity index (χ0) is 18.0. The number of aromatic hydroxyl groups is 1. The van der Waals surface area contributed by atoms with Crippen molar-refractivity contribution in [3.8, 4) is 5.75 Å². The van der Waals surface area contributed by atoms with E-state index in [1.165, 1.54) is 16.8 Å². The van der Waals surface area contributed by atoms with Crippen molar-refractivity contribution in [1.82, 2.24) is 15.1 Å². The minimum absolute atomic E-state index is 0.135. The van der Waals surface area contributed by atoms with E-state index in [1.807, 2.05) is 0 Å². The molecule has 1 amide bonds. The number of benzene rings is 1. The number of anilines is 1. The van der Waals surface area contributed by atoms with E-state index in [0.29, 0.717) is 11.6 Å². The van der Waals surface area contributed by atoms with Gasteiger partial charge in [0.25, 0.3) is 11.5 Å². The first-order valence-corrected chi connectivity index (χ1v) is 8.37. The number of hydrogen-bond acceptors (Lipinski definition) is 5. The predicted octanol–water partition coefficient (Wildman–Crippen LogP) is 1.40. The van der Waals surface area contributed by atoms with Gasteiger partial charge in [0.15, 0.2) is 0 Å². The highest BCUT2D eigenvalue weighted by molar-refractivity contribution is 6.30. The lowest BCUT2D eigenvalue weighted by atomic mass is 10.1. The second-order valence-electron chi connectivity index (χ2n) is 6.15. The van der Waals surface area contributed by atoms with E-state index in [2.05, 4.69) is 15.3 Å². The SMILES string of the molecule is Cn1ncc(N2CC[C@H](CNC(=O)c3ccc(Cl)cc3O)C2)cc1=O. The third-order valence-corrected chi connectivity index (χ3v) is 4.60. The first kappa shape index (κ1) is 17.3. The third kappa shape index (κ3) is 3.93. The van der Waals surface area contributed by atoms with Crippen LogP contribution in [0.1, 0.15) is 16.8 Å². The van der Waals surface area contributed by atoms with Gasteiger partial charge in [0.05, 0.1) is 17.4 Å². The van der Waals surface area contributed by atoms with Crippen LogP contribution in [0, 0.1) is 5.92 Å². The number of aryl methyl sites for hydroxylation is 1. The van der Waals surface area contributed by atoms with E-state index in [0.717, 1.165) is 25.2 Å². The van der Waals surface area contributed by atoms with Crippen molar-refractivity contribution in [3.63, 3.8) is 0 Å². The van der Waals surface area contributed by atoms with Crippen LogP contribution < -0.4 is 15.8 Å². The molecule has 2 N–H and O–H groups in total. The molecule has 25 heavy (non-hydrogen) atoms. The minimum atomic E-state index is -0.331. The molecule has 0 unspecified atom stereocenters. The van der Waals surface area contributed by atoms with E-state index in [-0.39, 0.29) is 28.7 Å². The maximum absolute atomic E-state index is 12.2. The number of halogens is 1. The Kier molecular flexibility index (Phi) is 4.94. The summed E-state index contributed by atoms with van der Waals surface area (Å²) in [5, 5.41) is 17.1. The summed E-state index contributed by atoms with van der Waals surface area (Å²) >= 11 is 5.77. The van der Waals surface area contributed by atoms with Gasteiger partial charge in [-0.1, -0.05) is 11.6 Å². The second-order valence-corrected chi connectivity index (χ2v) is 6.58. The van der Waals surface area contributed by atoms with Crippen molar-refractivity contribution < 1.29 is 9.90 Å². The van der Waals surface area contributed by atoms with Gasteiger partial charge in [0.2, 0.25) is 0 Å². The van der Waals surface area contributed by atoms with E-state index in [1.54, 1.807) is 25.4 Å². The van der Waals surface area contributed by atoms with Crippen LogP contribution in [0.25, 0.3) is 0 Å². The van der Waals surface area contributed by atoms with E-state index in [9.17, 15) is 14.7 Å². The number of hydrogen-bond donors (Lipinski definition) is 2. The number of carbonyl (C=O) groups is 1. The summed E-state index contributed by atoms with van der Waals surface area (Å²) in [5.74, 6) is -0.199. The molecule has 1 aromatic carbocycles. The van der Waals surface area contributed by atoms with Crippen molar-refractivity contribution in [2.45, 2.75) is 6.42 Å². The van der Waals surface area contributed by atoms with E-state index >= 15 is 0 Å². The zero-order valence-corrected chi connectivity index (χ0v) is 14.5. The molecule has 1 aliphatic rings. The van der Waals surface area contributed by atoms with E-state index in [4.69, 9.17) is 11.6 Å². The summed E-state index contributed by atoms with van der Waals surface area (Å²) in [4.78, 5) is 26.0. The summed E-state index contributed by atoms with van der Waals surface area (Å²) in [5.41, 5.74) is 0.856. The standard InChI is InChI=1S/C17H19ClN4O3/c1-21-16(24)7-13(9-20-21)22-5-4-11(10-22)8-19-17(25)14-3-2-12(18)6-15(14)23/h2-3,6-7,9,11,23H,4-5,8,10H2,1H3,(H,19,25)/t11-/m1/s1. The van der Waals surface area contributed by atoms with Crippen LogP contribution in [0.3, 0.4) is 0 Å². The molecule has 3 rings (SSSR count). The average Bonchev–Trinajstić information content (AvgIpc) is 3.04. The Morgan fingerprint density at radius 3 is 2.96 bits per heavy atom. The fourth-order valence-corrected chi connectivity index (χ4v) is 3.06. The van der Waals surface area contributed by atoms with Gasteiger partial charge in [-0.05, 0) is 30.5 Å². The van der Waals surface area contributed by atoms with E-state index < -0.39 is 0 Å². The quantitative estimate of drug-likeness (QED) is 0.858. The predicted molar refractivity (Wildman–Crippen MR) is 95.2 cm³/mol.